The van der Waals surface area contributed by atoms with Crippen LogP contribution in [0.1, 0.15) is 138 Å². The number of carbonyl (C=O) groups is 4. The molecule has 0 fully saturated rings. The number of imide groups is 2. The molecule has 2 aliphatic rings. The minimum Gasteiger partial charge on any atom is -0.274 e. The van der Waals surface area contributed by atoms with E-state index in [0.29, 0.717) is 56.2 Å². The number of aromatic nitrogens is 2. The number of pyridine rings is 2. The van der Waals surface area contributed by atoms with Crippen LogP contribution in [0, 0.1) is 17.9 Å². The van der Waals surface area contributed by atoms with Crippen LogP contribution < -0.4 is 0 Å². The van der Waals surface area contributed by atoms with Crippen molar-refractivity contribution in [2.45, 2.75) is 90.9 Å². The highest BCUT2D eigenvalue weighted by atomic mass is 16.2. The van der Waals surface area contributed by atoms with Crippen LogP contribution in [0.5, 0.6) is 0 Å². The van der Waals surface area contributed by atoms with E-state index in [4.69, 9.17) is 16.5 Å². The lowest BCUT2D eigenvalue weighted by Crippen LogP contribution is -2.41. The van der Waals surface area contributed by atoms with Gasteiger partial charge in [0.05, 0.1) is 45.9 Å². The summed E-state index contributed by atoms with van der Waals surface area (Å²) in [5, 5.41) is 12.8. The fourth-order valence-electron chi connectivity index (χ4n) is 7.88. The Labute approximate surface area is 290 Å². The fourth-order valence-corrected chi connectivity index (χ4v) is 7.88. The molecule has 10 heteroatoms. The van der Waals surface area contributed by atoms with Gasteiger partial charge in [-0.25, -0.2) is 4.85 Å². The van der Waals surface area contributed by atoms with E-state index >= 15 is 0 Å². The number of unbranched alkanes of at least 4 members (excludes halogenated alkanes) is 10. The number of benzene rings is 3. The van der Waals surface area contributed by atoms with Gasteiger partial charge in [0.2, 0.25) is 0 Å². The van der Waals surface area contributed by atoms with Gasteiger partial charge in [-0.2, -0.15) is 5.26 Å². The lowest BCUT2D eigenvalue weighted by atomic mass is 9.84. The van der Waals surface area contributed by atoms with Crippen molar-refractivity contribution >= 4 is 72.7 Å². The number of rotatable bonds is 14. The molecule has 4 amide bonds. The standard InChI is InChI=1S/C40H38N6O4/c1-4-6-8-10-12-14-16-45-37(47)24-18-23(20-41)29-33-30(24)26(39(45)49)22-44-36(33)32-28(42-3)19-25-31-27(21-43-35(29)34(31)32)40(50)46(38(25)48)17-15-13-11-9-7-5-2/h18-19,21-22H,4-17H2,1-2H3. The van der Waals surface area contributed by atoms with Crippen LogP contribution in [0.25, 0.3) is 48.2 Å². The Kier molecular flexibility index (Phi) is 8.88. The minimum atomic E-state index is -0.465. The van der Waals surface area contributed by atoms with E-state index in [1.165, 1.54) is 34.3 Å². The van der Waals surface area contributed by atoms with Crippen molar-refractivity contribution in [1.29, 1.82) is 5.26 Å². The molecule has 0 spiro atoms. The topological polar surface area (TPSA) is 129 Å². The first kappa shape index (κ1) is 33.0. The summed E-state index contributed by atoms with van der Waals surface area (Å²) >= 11 is 0. The predicted octanol–water partition coefficient (Wildman–Crippen LogP) is 8.86. The summed E-state index contributed by atoms with van der Waals surface area (Å²) < 4.78 is 0. The molecule has 2 aromatic heterocycles. The number of nitriles is 1. The molecule has 0 radical (unpaired) electrons. The van der Waals surface area contributed by atoms with Crippen LogP contribution in [0.4, 0.5) is 5.69 Å². The van der Waals surface area contributed by atoms with Crippen LogP contribution in [-0.2, 0) is 0 Å². The van der Waals surface area contributed by atoms with Gasteiger partial charge in [0, 0.05) is 63.4 Å². The summed E-state index contributed by atoms with van der Waals surface area (Å²) in [5.74, 6) is -1.81. The molecule has 4 heterocycles. The molecule has 0 unspecified atom stereocenters. The molecule has 252 valence electrons. The van der Waals surface area contributed by atoms with Crippen LogP contribution in [0.2, 0.25) is 0 Å². The van der Waals surface area contributed by atoms with Gasteiger partial charge < -0.3 is 0 Å². The third-order valence-electron chi connectivity index (χ3n) is 10.4. The molecule has 0 bridgehead atoms. The largest absolute Gasteiger partial charge is 0.274 e. The van der Waals surface area contributed by atoms with Gasteiger partial charge >= 0.3 is 0 Å². The molecule has 0 atom stereocenters. The molecule has 0 N–H and O–H groups in total. The fraction of sp³-hybridized carbons (Fsp3) is 0.400. The van der Waals surface area contributed by atoms with Crippen molar-refractivity contribution in [3.8, 4) is 6.07 Å². The van der Waals surface area contributed by atoms with Crippen molar-refractivity contribution in [2.24, 2.45) is 0 Å². The Hall–Kier alpha value is -5.48. The predicted molar refractivity (Wildman–Crippen MR) is 192 cm³/mol. The molecule has 3 aromatic carbocycles. The smallest absolute Gasteiger partial charge is 0.262 e. The minimum absolute atomic E-state index is 0.144. The van der Waals surface area contributed by atoms with E-state index in [0.717, 1.165) is 64.2 Å². The zero-order chi connectivity index (χ0) is 35.1. The van der Waals surface area contributed by atoms with Gasteiger partial charge in [0.25, 0.3) is 23.6 Å². The second-order valence-corrected chi connectivity index (χ2v) is 13.5. The van der Waals surface area contributed by atoms with E-state index in [9.17, 15) is 24.4 Å². The van der Waals surface area contributed by atoms with Crippen LogP contribution in [-0.4, -0.2) is 56.5 Å². The summed E-state index contributed by atoms with van der Waals surface area (Å²) in [5.41, 5.74) is 1.93. The van der Waals surface area contributed by atoms with Gasteiger partial charge in [0.15, 0.2) is 5.69 Å². The molecule has 0 saturated heterocycles. The van der Waals surface area contributed by atoms with Gasteiger partial charge in [-0.3, -0.25) is 38.9 Å². The molecule has 7 rings (SSSR count). The molecule has 0 aliphatic carbocycles. The van der Waals surface area contributed by atoms with Crippen LogP contribution in [0.3, 0.4) is 0 Å². The molecular weight excluding hydrogens is 628 g/mol. The van der Waals surface area contributed by atoms with Crippen LogP contribution in [0.15, 0.2) is 24.5 Å². The zero-order valence-electron chi connectivity index (χ0n) is 28.5. The van der Waals surface area contributed by atoms with E-state index in [1.54, 1.807) is 0 Å². The number of carbonyl (C=O) groups excluding carboxylic acids is 4. The summed E-state index contributed by atoms with van der Waals surface area (Å²) in [7, 11) is 0. The van der Waals surface area contributed by atoms with Crippen molar-refractivity contribution in [3.05, 3.63) is 63.8 Å². The molecular formula is C40H38N6O4. The maximum Gasteiger partial charge on any atom is 0.262 e. The van der Waals surface area contributed by atoms with Gasteiger partial charge in [0.1, 0.15) is 0 Å². The number of fused-ring (bicyclic) bond motifs is 2. The molecule has 5 aromatic rings. The lowest BCUT2D eigenvalue weighted by Gasteiger charge is -2.30. The van der Waals surface area contributed by atoms with Crippen molar-refractivity contribution < 1.29 is 19.2 Å². The second-order valence-electron chi connectivity index (χ2n) is 13.5. The molecule has 2 aliphatic heterocycles. The SMILES string of the molecule is [C-]#[N+]c1cc2c3c(cnc4c5c(C#N)cc6c7c(cnc(c1c34)c75)C(=O)N(CCCCCCCC)C6=O)C(=O)N(CCCCCCCC)C2=O. The van der Waals surface area contributed by atoms with Crippen molar-refractivity contribution in [3.63, 3.8) is 0 Å². The third kappa shape index (κ3) is 5.05. The van der Waals surface area contributed by atoms with E-state index in [2.05, 4.69) is 24.8 Å². The van der Waals surface area contributed by atoms with Crippen molar-refractivity contribution in [2.75, 3.05) is 13.1 Å². The Morgan fingerprint density at radius 3 is 1.54 bits per heavy atom. The number of hydrogen-bond acceptors (Lipinski definition) is 7. The Balaban J connectivity index is 1.38. The summed E-state index contributed by atoms with van der Waals surface area (Å²) in [6, 6.07) is 5.27. The quantitative estimate of drug-likeness (QED) is 0.0381. The normalized spacial score (nSPS) is 14.2. The van der Waals surface area contributed by atoms with E-state index in [1.807, 2.05) is 0 Å². The van der Waals surface area contributed by atoms with Crippen LogP contribution >= 0.6 is 0 Å². The highest BCUT2D eigenvalue weighted by Gasteiger charge is 2.39. The highest BCUT2D eigenvalue weighted by Crippen LogP contribution is 2.49. The summed E-state index contributed by atoms with van der Waals surface area (Å²) in [6.07, 6.45) is 14.9. The number of nitrogens with zero attached hydrogens (tertiary/aromatic N) is 6. The monoisotopic (exact) mass is 666 g/mol. The number of amides is 4. The highest BCUT2D eigenvalue weighted by molar-refractivity contribution is 6.42. The first-order chi connectivity index (χ1) is 24.4. The summed E-state index contributed by atoms with van der Waals surface area (Å²) in [6.45, 7) is 13.0. The Morgan fingerprint density at radius 2 is 1.04 bits per heavy atom. The Bertz CT molecular complexity index is 2170. The average Bonchev–Trinajstić information content (AvgIpc) is 3.13. The maximum absolute atomic E-state index is 13.9. The van der Waals surface area contributed by atoms with Gasteiger partial charge in [-0.1, -0.05) is 78.1 Å². The molecule has 10 nitrogen and oxygen atoms in total. The Morgan fingerprint density at radius 1 is 0.600 bits per heavy atom. The average molecular weight is 667 g/mol. The molecule has 0 saturated carbocycles. The van der Waals surface area contributed by atoms with E-state index in [-0.39, 0.29) is 46.6 Å². The number of hydrogen-bond donors (Lipinski definition) is 0. The first-order valence-electron chi connectivity index (χ1n) is 17.9. The van der Waals surface area contributed by atoms with E-state index < -0.39 is 23.6 Å². The molecule has 50 heavy (non-hydrogen) atoms. The van der Waals surface area contributed by atoms with Gasteiger partial charge in [-0.15, -0.1) is 0 Å². The maximum atomic E-state index is 13.9. The third-order valence-corrected chi connectivity index (χ3v) is 10.4. The lowest BCUT2D eigenvalue weighted by molar-refractivity contribution is 0.0592. The summed E-state index contributed by atoms with van der Waals surface area (Å²) in [4.78, 5) is 71.4. The van der Waals surface area contributed by atoms with Gasteiger partial charge in [-0.05, 0) is 25.0 Å². The zero-order valence-corrected chi connectivity index (χ0v) is 28.5. The first-order valence-corrected chi connectivity index (χ1v) is 17.9. The second kappa shape index (κ2) is 13.4. The van der Waals surface area contributed by atoms with Crippen molar-refractivity contribution in [1.82, 2.24) is 19.8 Å².